The van der Waals surface area contributed by atoms with Crippen molar-refractivity contribution in [2.75, 3.05) is 11.9 Å². The molecule has 176 valence electrons. The highest BCUT2D eigenvalue weighted by atomic mass is 35.5. The largest absolute Gasteiger partial charge is 0.366 e. The van der Waals surface area contributed by atoms with Crippen molar-refractivity contribution in [1.82, 2.24) is 15.6 Å². The van der Waals surface area contributed by atoms with E-state index in [2.05, 4.69) is 29.8 Å². The molecule has 2 heterocycles. The minimum absolute atomic E-state index is 0.0195. The minimum atomic E-state index is -0.239. The SMILES string of the molecule is CCNC1CCC(NC2N=CC(Cl)=C(c3cccc(NCc4cccc(F)c4)n3)C2C)CC1. The van der Waals surface area contributed by atoms with Crippen LogP contribution in [-0.4, -0.2) is 36.0 Å². The van der Waals surface area contributed by atoms with Crippen LogP contribution in [0.1, 0.15) is 50.8 Å². The molecule has 7 heteroatoms. The van der Waals surface area contributed by atoms with Gasteiger partial charge in [-0.3, -0.25) is 10.3 Å². The Labute approximate surface area is 200 Å². The van der Waals surface area contributed by atoms with Gasteiger partial charge in [0.25, 0.3) is 0 Å². The van der Waals surface area contributed by atoms with Crippen LogP contribution in [0.25, 0.3) is 5.57 Å². The number of pyridine rings is 1. The highest BCUT2D eigenvalue weighted by molar-refractivity contribution is 6.42. The van der Waals surface area contributed by atoms with Crippen LogP contribution in [0.2, 0.25) is 0 Å². The van der Waals surface area contributed by atoms with E-state index in [1.807, 2.05) is 24.3 Å². The van der Waals surface area contributed by atoms with Crippen LogP contribution in [0, 0.1) is 11.7 Å². The summed E-state index contributed by atoms with van der Waals surface area (Å²) in [5, 5.41) is 11.2. The molecule has 0 spiro atoms. The first-order valence-electron chi connectivity index (χ1n) is 11.9. The van der Waals surface area contributed by atoms with Gasteiger partial charge in [-0.25, -0.2) is 9.37 Å². The fourth-order valence-corrected chi connectivity index (χ4v) is 5.11. The quantitative estimate of drug-likeness (QED) is 0.488. The maximum absolute atomic E-state index is 13.5. The standard InChI is InChI=1S/C26H33ClFN5/c1-3-29-20-10-12-21(13-11-20)32-26-17(2)25(22(27)16-31-26)23-8-5-9-24(33-23)30-15-18-6-4-7-19(28)14-18/h4-9,14,16-17,20-21,26,29,32H,3,10-13,15H2,1-2H3,(H,30,33). The van der Waals surface area contributed by atoms with Crippen molar-refractivity contribution in [2.45, 2.75) is 64.3 Å². The van der Waals surface area contributed by atoms with Crippen LogP contribution in [0.5, 0.6) is 0 Å². The van der Waals surface area contributed by atoms with Gasteiger partial charge in [-0.05, 0) is 62.1 Å². The van der Waals surface area contributed by atoms with Gasteiger partial charge < -0.3 is 10.6 Å². The fraction of sp³-hybridized carbons (Fsp3) is 0.462. The van der Waals surface area contributed by atoms with E-state index in [1.54, 1.807) is 12.3 Å². The molecule has 1 fully saturated rings. The zero-order chi connectivity index (χ0) is 23.2. The summed E-state index contributed by atoms with van der Waals surface area (Å²) in [6.45, 7) is 5.85. The lowest BCUT2D eigenvalue weighted by atomic mass is 9.88. The maximum Gasteiger partial charge on any atom is 0.126 e. The highest BCUT2D eigenvalue weighted by Gasteiger charge is 2.30. The Bertz CT molecular complexity index is 1000. The average molecular weight is 470 g/mol. The first kappa shape index (κ1) is 23.9. The van der Waals surface area contributed by atoms with E-state index in [1.165, 1.54) is 25.0 Å². The monoisotopic (exact) mass is 469 g/mol. The number of aromatic nitrogens is 1. The van der Waals surface area contributed by atoms with Crippen LogP contribution in [0.3, 0.4) is 0 Å². The average Bonchev–Trinajstić information content (AvgIpc) is 2.81. The van der Waals surface area contributed by atoms with Gasteiger partial charge in [-0.2, -0.15) is 0 Å². The number of halogens is 2. The summed E-state index contributed by atoms with van der Waals surface area (Å²) < 4.78 is 13.5. The number of nitrogens with zero attached hydrogens (tertiary/aromatic N) is 2. The van der Waals surface area contributed by atoms with Gasteiger partial charge in [0.15, 0.2) is 0 Å². The predicted molar refractivity (Wildman–Crippen MR) is 135 cm³/mol. The Morgan fingerprint density at radius 2 is 1.82 bits per heavy atom. The molecular weight excluding hydrogens is 437 g/mol. The van der Waals surface area contributed by atoms with Gasteiger partial charge in [-0.15, -0.1) is 0 Å². The molecule has 1 aliphatic carbocycles. The minimum Gasteiger partial charge on any atom is -0.366 e. The molecule has 0 saturated heterocycles. The van der Waals surface area contributed by atoms with E-state index in [0.29, 0.717) is 23.7 Å². The van der Waals surface area contributed by atoms with Gasteiger partial charge in [-0.1, -0.05) is 43.6 Å². The third-order valence-corrected chi connectivity index (χ3v) is 6.85. The molecular formula is C26H33ClFN5. The van der Waals surface area contributed by atoms with Crippen LogP contribution < -0.4 is 16.0 Å². The molecule has 2 aliphatic rings. The van der Waals surface area contributed by atoms with Crippen LogP contribution in [0.4, 0.5) is 10.2 Å². The number of rotatable bonds is 8. The molecule has 5 nitrogen and oxygen atoms in total. The molecule has 3 N–H and O–H groups in total. The molecule has 33 heavy (non-hydrogen) atoms. The normalized spacial score (nSPS) is 25.3. The van der Waals surface area contributed by atoms with E-state index in [4.69, 9.17) is 21.6 Å². The van der Waals surface area contributed by atoms with E-state index < -0.39 is 0 Å². The van der Waals surface area contributed by atoms with Gasteiger partial charge in [0.1, 0.15) is 17.8 Å². The summed E-state index contributed by atoms with van der Waals surface area (Å²) in [7, 11) is 0. The lowest BCUT2D eigenvalue weighted by Crippen LogP contribution is -2.46. The van der Waals surface area contributed by atoms with Crippen molar-refractivity contribution >= 4 is 29.2 Å². The molecule has 2 aromatic rings. The smallest absolute Gasteiger partial charge is 0.126 e. The first-order valence-corrected chi connectivity index (χ1v) is 12.3. The maximum atomic E-state index is 13.5. The molecule has 0 radical (unpaired) electrons. The molecule has 1 aromatic heterocycles. The second kappa shape index (κ2) is 11.2. The van der Waals surface area contributed by atoms with E-state index in [0.717, 1.165) is 42.0 Å². The zero-order valence-corrected chi connectivity index (χ0v) is 20.1. The topological polar surface area (TPSA) is 61.3 Å². The first-order chi connectivity index (χ1) is 16.0. The van der Waals surface area contributed by atoms with Gasteiger partial charge in [0, 0.05) is 36.3 Å². The Morgan fingerprint density at radius 1 is 1.06 bits per heavy atom. The summed E-state index contributed by atoms with van der Waals surface area (Å²) in [6.07, 6.45) is 6.43. The van der Waals surface area contributed by atoms with Gasteiger partial charge in [0.05, 0.1) is 10.7 Å². The van der Waals surface area contributed by atoms with E-state index in [-0.39, 0.29) is 17.9 Å². The van der Waals surface area contributed by atoms with E-state index >= 15 is 0 Å². The molecule has 0 bridgehead atoms. The number of benzene rings is 1. The number of hydrogen-bond acceptors (Lipinski definition) is 5. The summed E-state index contributed by atoms with van der Waals surface area (Å²) in [5.74, 6) is 0.589. The molecule has 1 saturated carbocycles. The zero-order valence-electron chi connectivity index (χ0n) is 19.3. The van der Waals surface area contributed by atoms with Crippen molar-refractivity contribution in [2.24, 2.45) is 10.9 Å². The molecule has 2 unspecified atom stereocenters. The predicted octanol–water partition coefficient (Wildman–Crippen LogP) is 5.34. The van der Waals surface area contributed by atoms with Gasteiger partial charge in [0.2, 0.25) is 0 Å². The third kappa shape index (κ3) is 6.19. The van der Waals surface area contributed by atoms with Crippen LogP contribution in [0.15, 0.2) is 52.5 Å². The number of allylic oxidation sites excluding steroid dienone is 1. The lowest BCUT2D eigenvalue weighted by molar-refractivity contribution is 0.278. The van der Waals surface area contributed by atoms with Crippen molar-refractivity contribution in [3.05, 3.63) is 64.6 Å². The molecule has 0 amide bonds. The van der Waals surface area contributed by atoms with Crippen molar-refractivity contribution in [3.8, 4) is 0 Å². The highest BCUT2D eigenvalue weighted by Crippen LogP contribution is 2.34. The summed E-state index contributed by atoms with van der Waals surface area (Å²) in [6, 6.07) is 13.5. The lowest BCUT2D eigenvalue weighted by Gasteiger charge is -2.35. The summed E-state index contributed by atoms with van der Waals surface area (Å²) >= 11 is 6.61. The second-order valence-corrected chi connectivity index (χ2v) is 9.34. The van der Waals surface area contributed by atoms with Crippen molar-refractivity contribution in [1.29, 1.82) is 0 Å². The number of aliphatic imine (C=N–C) groups is 1. The third-order valence-electron chi connectivity index (χ3n) is 6.55. The van der Waals surface area contributed by atoms with Crippen molar-refractivity contribution in [3.63, 3.8) is 0 Å². The Morgan fingerprint density at radius 3 is 2.58 bits per heavy atom. The Hall–Kier alpha value is -2.28. The van der Waals surface area contributed by atoms with Crippen molar-refractivity contribution < 1.29 is 4.39 Å². The van der Waals surface area contributed by atoms with Gasteiger partial charge >= 0.3 is 0 Å². The Balaban J connectivity index is 1.41. The number of anilines is 1. The molecule has 1 aliphatic heterocycles. The molecule has 1 aromatic carbocycles. The number of dihydropyridines is 1. The number of hydrogen-bond donors (Lipinski definition) is 3. The molecule has 2 atom stereocenters. The van der Waals surface area contributed by atoms with Crippen LogP contribution in [-0.2, 0) is 6.54 Å². The Kier molecular flexibility index (Phi) is 8.12. The fourth-order valence-electron chi connectivity index (χ4n) is 4.78. The summed E-state index contributed by atoms with van der Waals surface area (Å²) in [5.41, 5.74) is 2.70. The second-order valence-electron chi connectivity index (χ2n) is 8.94. The van der Waals surface area contributed by atoms with Crippen LogP contribution >= 0.6 is 11.6 Å². The number of nitrogens with one attached hydrogen (secondary N) is 3. The van der Waals surface area contributed by atoms with E-state index in [9.17, 15) is 4.39 Å². The summed E-state index contributed by atoms with van der Waals surface area (Å²) in [4.78, 5) is 9.50. The molecule has 4 rings (SSSR count).